The van der Waals surface area contributed by atoms with E-state index in [-0.39, 0.29) is 0 Å². The van der Waals surface area contributed by atoms with Gasteiger partial charge in [0, 0.05) is 32.9 Å². The summed E-state index contributed by atoms with van der Waals surface area (Å²) in [7, 11) is 0. The minimum atomic E-state index is 0.800. The van der Waals surface area contributed by atoms with Crippen LogP contribution in [0.3, 0.4) is 0 Å². The van der Waals surface area contributed by atoms with Gasteiger partial charge in [-0.1, -0.05) is 84.9 Å². The molecule has 0 atom stereocenters. The summed E-state index contributed by atoms with van der Waals surface area (Å²) >= 11 is 0. The SMILES string of the molecule is Cc1cccc(C)c1N(c1ccc2cc3c(cc2c1)oc1c2oc4cc5cc(N(c6c(C)cccc6C)c6c(C)cccc6C)ccc5cc4c2c(C)c(C)c31)c1c(C)cccc1C. The van der Waals surface area contributed by atoms with Crippen molar-refractivity contribution in [1.29, 1.82) is 0 Å². The lowest BCUT2D eigenvalue weighted by Crippen LogP contribution is -2.15. The van der Waals surface area contributed by atoms with Crippen LogP contribution in [0.2, 0.25) is 0 Å². The highest BCUT2D eigenvalue weighted by atomic mass is 16.4. The number of nitrogens with zero attached hydrogens (tertiary/aromatic N) is 2. The first kappa shape index (κ1) is 39.5. The Hall–Kier alpha value is -7.30. The van der Waals surface area contributed by atoms with Gasteiger partial charge < -0.3 is 18.6 Å². The van der Waals surface area contributed by atoms with Crippen LogP contribution >= 0.6 is 0 Å². The predicted octanol–water partition coefficient (Wildman–Crippen LogP) is 17.8. The van der Waals surface area contributed by atoms with E-state index in [0.717, 1.165) is 66.0 Å². The Morgan fingerprint density at radius 2 is 0.609 bits per heavy atom. The lowest BCUT2D eigenvalue weighted by atomic mass is 9.95. The molecule has 0 saturated carbocycles. The van der Waals surface area contributed by atoms with Crippen LogP contribution in [-0.2, 0) is 0 Å². The molecule has 0 saturated heterocycles. The summed E-state index contributed by atoms with van der Waals surface area (Å²) < 4.78 is 13.9. The molecule has 0 amide bonds. The summed E-state index contributed by atoms with van der Waals surface area (Å²) in [5.41, 5.74) is 22.7. The second kappa shape index (κ2) is 14.6. The van der Waals surface area contributed by atoms with Gasteiger partial charge in [0.15, 0.2) is 11.2 Å². The van der Waals surface area contributed by atoms with Crippen LogP contribution in [0.25, 0.3) is 65.4 Å². The van der Waals surface area contributed by atoms with E-state index >= 15 is 0 Å². The van der Waals surface area contributed by atoms with Crippen LogP contribution in [-0.4, -0.2) is 0 Å². The third-order valence-electron chi connectivity index (χ3n) is 13.9. The van der Waals surface area contributed by atoms with E-state index in [4.69, 9.17) is 8.83 Å². The summed E-state index contributed by atoms with van der Waals surface area (Å²) in [6.07, 6.45) is 0. The van der Waals surface area contributed by atoms with E-state index in [9.17, 15) is 0 Å². The van der Waals surface area contributed by atoms with Gasteiger partial charge in [-0.3, -0.25) is 0 Å². The van der Waals surface area contributed by atoms with E-state index < -0.39 is 0 Å². The molecule has 11 rings (SSSR count). The van der Waals surface area contributed by atoms with Gasteiger partial charge in [-0.05, 0) is 195 Å². The molecule has 0 fully saturated rings. The maximum Gasteiger partial charge on any atom is 0.178 e. The first-order chi connectivity index (χ1) is 30.9. The smallest absolute Gasteiger partial charge is 0.178 e. The number of anilines is 6. The van der Waals surface area contributed by atoms with Crippen LogP contribution in [0.4, 0.5) is 34.1 Å². The van der Waals surface area contributed by atoms with E-state index in [1.165, 1.54) is 89.2 Å². The van der Waals surface area contributed by atoms with Crippen molar-refractivity contribution in [3.63, 3.8) is 0 Å². The van der Waals surface area contributed by atoms with Crippen LogP contribution in [0.15, 0.2) is 142 Å². The first-order valence-corrected chi connectivity index (χ1v) is 22.4. The zero-order chi connectivity index (χ0) is 44.3. The number of aryl methyl sites for hydroxylation is 10. The van der Waals surface area contributed by atoms with Crippen molar-refractivity contribution in [3.05, 3.63) is 189 Å². The van der Waals surface area contributed by atoms with Gasteiger partial charge in [0.05, 0.1) is 22.7 Å². The largest absolute Gasteiger partial charge is 0.452 e. The number of rotatable bonds is 6. The van der Waals surface area contributed by atoms with E-state index in [2.05, 4.69) is 212 Å². The molecular formula is C60H52N2O2. The molecule has 0 aliphatic heterocycles. The summed E-state index contributed by atoms with van der Waals surface area (Å²) in [4.78, 5) is 4.89. The van der Waals surface area contributed by atoms with E-state index in [1.807, 2.05) is 0 Å². The van der Waals surface area contributed by atoms with Gasteiger partial charge >= 0.3 is 0 Å². The number of benzene rings is 9. The maximum atomic E-state index is 6.96. The Labute approximate surface area is 375 Å². The molecule has 0 aliphatic carbocycles. The number of para-hydroxylation sites is 4. The fourth-order valence-electron chi connectivity index (χ4n) is 10.7. The highest BCUT2D eigenvalue weighted by Gasteiger charge is 2.25. The van der Waals surface area contributed by atoms with Crippen LogP contribution < -0.4 is 9.80 Å². The van der Waals surface area contributed by atoms with Crippen molar-refractivity contribution in [2.24, 2.45) is 0 Å². The van der Waals surface area contributed by atoms with Gasteiger partial charge in [-0.15, -0.1) is 0 Å². The minimum absolute atomic E-state index is 0.800. The maximum absolute atomic E-state index is 6.96. The summed E-state index contributed by atoms with van der Waals surface area (Å²) in [5, 5.41) is 9.02. The van der Waals surface area contributed by atoms with Crippen molar-refractivity contribution in [3.8, 4) is 0 Å². The molecule has 4 nitrogen and oxygen atoms in total. The molecular weight excluding hydrogens is 781 g/mol. The standard InChI is InChI=1S/C60H52N2O2/c1-33-15-11-16-34(2)55(33)61(56-35(3)17-12-18-36(56)4)47-25-23-43-29-49-51(31-45(43)27-47)63-59-53(49)41(9)42(10)54-50-30-44-24-26-48(28-46(44)32-52(50)64-60(54)59)62(57-37(5)19-13-20-38(57)6)58-39(7)21-14-22-40(58)8/h11-32H,1-10H3. The van der Waals surface area contributed by atoms with Gasteiger partial charge in [0.1, 0.15) is 11.2 Å². The molecule has 11 aromatic rings. The molecule has 0 aliphatic rings. The van der Waals surface area contributed by atoms with Gasteiger partial charge in [0.2, 0.25) is 0 Å². The van der Waals surface area contributed by atoms with E-state index in [0.29, 0.717) is 0 Å². The Balaban J connectivity index is 1.09. The lowest BCUT2D eigenvalue weighted by molar-refractivity contribution is 0.633. The highest BCUT2D eigenvalue weighted by Crippen LogP contribution is 2.48. The van der Waals surface area contributed by atoms with Gasteiger partial charge in [-0.25, -0.2) is 0 Å². The summed E-state index contributed by atoms with van der Waals surface area (Å²) in [6.45, 7) is 22.1. The minimum Gasteiger partial charge on any atom is -0.452 e. The van der Waals surface area contributed by atoms with Gasteiger partial charge in [0.25, 0.3) is 0 Å². The highest BCUT2D eigenvalue weighted by molar-refractivity contribution is 6.24. The second-order valence-corrected chi connectivity index (χ2v) is 18.3. The zero-order valence-electron chi connectivity index (χ0n) is 38.4. The van der Waals surface area contributed by atoms with Crippen LogP contribution in [0.1, 0.15) is 55.6 Å². The molecule has 0 unspecified atom stereocenters. The third kappa shape index (κ3) is 5.96. The van der Waals surface area contributed by atoms with Crippen molar-refractivity contribution in [2.75, 3.05) is 9.80 Å². The first-order valence-electron chi connectivity index (χ1n) is 22.4. The lowest BCUT2D eigenvalue weighted by Gasteiger charge is -2.31. The second-order valence-electron chi connectivity index (χ2n) is 18.3. The summed E-state index contributed by atoms with van der Waals surface area (Å²) in [6, 6.07) is 49.0. The molecule has 0 bridgehead atoms. The van der Waals surface area contributed by atoms with Crippen LogP contribution in [0, 0.1) is 69.2 Å². The molecule has 0 N–H and O–H groups in total. The average molecular weight is 833 g/mol. The molecule has 9 aromatic carbocycles. The molecule has 314 valence electrons. The topological polar surface area (TPSA) is 32.8 Å². The van der Waals surface area contributed by atoms with Crippen molar-refractivity contribution >= 4 is 99.5 Å². The van der Waals surface area contributed by atoms with Crippen molar-refractivity contribution in [1.82, 2.24) is 0 Å². The Morgan fingerprint density at radius 1 is 0.312 bits per heavy atom. The van der Waals surface area contributed by atoms with Crippen LogP contribution in [0.5, 0.6) is 0 Å². The average Bonchev–Trinajstić information content (AvgIpc) is 3.83. The monoisotopic (exact) mass is 832 g/mol. The molecule has 0 spiro atoms. The number of furan rings is 2. The number of fused-ring (bicyclic) bond motifs is 9. The normalized spacial score (nSPS) is 11.9. The molecule has 2 aromatic heterocycles. The Morgan fingerprint density at radius 3 is 0.906 bits per heavy atom. The van der Waals surface area contributed by atoms with E-state index in [1.54, 1.807) is 0 Å². The number of hydrogen-bond acceptors (Lipinski definition) is 4. The Bertz CT molecular complexity index is 3320. The Kier molecular flexibility index (Phi) is 9.04. The summed E-state index contributed by atoms with van der Waals surface area (Å²) in [5.74, 6) is 0. The number of hydrogen-bond donors (Lipinski definition) is 0. The third-order valence-corrected chi connectivity index (χ3v) is 13.9. The zero-order valence-corrected chi connectivity index (χ0v) is 38.4. The van der Waals surface area contributed by atoms with Gasteiger partial charge in [-0.2, -0.15) is 0 Å². The molecule has 64 heavy (non-hydrogen) atoms. The van der Waals surface area contributed by atoms with Crippen molar-refractivity contribution < 1.29 is 8.83 Å². The quantitative estimate of drug-likeness (QED) is 0.167. The fourth-order valence-corrected chi connectivity index (χ4v) is 10.7. The predicted molar refractivity (Wildman–Crippen MR) is 273 cm³/mol. The molecule has 2 heterocycles. The van der Waals surface area contributed by atoms with Crippen molar-refractivity contribution in [2.45, 2.75) is 69.2 Å². The fraction of sp³-hybridized carbons (Fsp3) is 0.167. The molecule has 0 radical (unpaired) electrons. The molecule has 4 heteroatoms.